The van der Waals surface area contributed by atoms with Gasteiger partial charge < -0.3 is 20.8 Å². The van der Waals surface area contributed by atoms with Crippen molar-refractivity contribution < 1.29 is 24.6 Å². The van der Waals surface area contributed by atoms with Gasteiger partial charge in [0.25, 0.3) is 0 Å². The predicted octanol–water partition coefficient (Wildman–Crippen LogP) is 0.792. The SMILES string of the molecule is CCC(CC)NC(=O)NC(CCC(=O)O)C(=O)O. The summed E-state index contributed by atoms with van der Waals surface area (Å²) >= 11 is 0. The molecule has 0 aliphatic heterocycles. The number of urea groups is 1. The van der Waals surface area contributed by atoms with Crippen molar-refractivity contribution >= 4 is 18.0 Å². The fourth-order valence-corrected chi connectivity index (χ4v) is 1.40. The zero-order chi connectivity index (χ0) is 14.1. The van der Waals surface area contributed by atoms with Gasteiger partial charge in [0.15, 0.2) is 0 Å². The van der Waals surface area contributed by atoms with Gasteiger partial charge in [-0.1, -0.05) is 13.8 Å². The standard InChI is InChI=1S/C11H20N2O5/c1-3-7(4-2)12-11(18)13-8(10(16)17)5-6-9(14)15/h7-8H,3-6H2,1-2H3,(H,14,15)(H,16,17)(H2,12,13,18). The number of aliphatic carboxylic acids is 2. The lowest BCUT2D eigenvalue weighted by molar-refractivity contribution is -0.140. The Labute approximate surface area is 106 Å². The van der Waals surface area contributed by atoms with Gasteiger partial charge in [-0.3, -0.25) is 4.79 Å². The molecule has 0 radical (unpaired) electrons. The van der Waals surface area contributed by atoms with Gasteiger partial charge in [0, 0.05) is 12.5 Å². The van der Waals surface area contributed by atoms with Crippen molar-refractivity contribution in [2.75, 3.05) is 0 Å². The molecule has 0 heterocycles. The fraction of sp³-hybridized carbons (Fsp3) is 0.727. The molecule has 1 unspecified atom stereocenters. The summed E-state index contributed by atoms with van der Waals surface area (Å²) in [5.41, 5.74) is 0. The molecule has 104 valence electrons. The molecule has 18 heavy (non-hydrogen) atoms. The highest BCUT2D eigenvalue weighted by Gasteiger charge is 2.21. The number of carboxylic acids is 2. The molecule has 0 aliphatic rings. The molecule has 4 N–H and O–H groups in total. The van der Waals surface area contributed by atoms with E-state index in [0.717, 1.165) is 12.8 Å². The van der Waals surface area contributed by atoms with Gasteiger partial charge >= 0.3 is 18.0 Å². The summed E-state index contributed by atoms with van der Waals surface area (Å²) in [4.78, 5) is 32.7. The highest BCUT2D eigenvalue weighted by molar-refractivity contribution is 5.83. The van der Waals surface area contributed by atoms with Crippen molar-refractivity contribution in [1.29, 1.82) is 0 Å². The van der Waals surface area contributed by atoms with Crippen LogP contribution in [0.5, 0.6) is 0 Å². The number of carbonyl (C=O) groups is 3. The van der Waals surface area contributed by atoms with Crippen molar-refractivity contribution in [2.45, 2.75) is 51.6 Å². The number of hydrogen-bond acceptors (Lipinski definition) is 3. The van der Waals surface area contributed by atoms with Gasteiger partial charge in [0.05, 0.1) is 0 Å². The Hall–Kier alpha value is -1.79. The minimum absolute atomic E-state index is 0.0149. The Morgan fingerprint density at radius 3 is 2.00 bits per heavy atom. The summed E-state index contributed by atoms with van der Waals surface area (Å²) in [5, 5.41) is 22.2. The highest BCUT2D eigenvalue weighted by atomic mass is 16.4. The van der Waals surface area contributed by atoms with Gasteiger partial charge in [0.2, 0.25) is 0 Å². The van der Waals surface area contributed by atoms with E-state index in [1.165, 1.54) is 0 Å². The minimum atomic E-state index is -1.24. The van der Waals surface area contributed by atoms with Gasteiger partial charge in [-0.25, -0.2) is 9.59 Å². The zero-order valence-electron chi connectivity index (χ0n) is 10.6. The van der Waals surface area contributed by atoms with Crippen LogP contribution in [-0.2, 0) is 9.59 Å². The van der Waals surface area contributed by atoms with Crippen LogP contribution in [-0.4, -0.2) is 40.3 Å². The first-order valence-corrected chi connectivity index (χ1v) is 5.92. The number of nitrogens with one attached hydrogen (secondary N) is 2. The van der Waals surface area contributed by atoms with Gasteiger partial charge in [-0.2, -0.15) is 0 Å². The summed E-state index contributed by atoms with van der Waals surface area (Å²) in [6, 6.07) is -1.78. The molecule has 0 spiro atoms. The largest absolute Gasteiger partial charge is 0.481 e. The molecule has 0 rings (SSSR count). The van der Waals surface area contributed by atoms with Crippen LogP contribution in [0.15, 0.2) is 0 Å². The number of amides is 2. The molecule has 1 atom stereocenters. The summed E-state index contributed by atoms with van der Waals surface area (Å²) in [5.74, 6) is -2.33. The molecular formula is C11H20N2O5. The third kappa shape index (κ3) is 6.72. The van der Waals surface area contributed by atoms with Crippen LogP contribution in [0.2, 0.25) is 0 Å². The molecular weight excluding hydrogens is 240 g/mol. The molecule has 7 heteroatoms. The average Bonchev–Trinajstić information content (AvgIpc) is 2.30. The highest BCUT2D eigenvalue weighted by Crippen LogP contribution is 2.00. The lowest BCUT2D eigenvalue weighted by atomic mass is 10.1. The molecule has 0 bridgehead atoms. The van der Waals surface area contributed by atoms with Crippen molar-refractivity contribution in [3.63, 3.8) is 0 Å². The normalized spacial score (nSPS) is 11.9. The van der Waals surface area contributed by atoms with Crippen LogP contribution in [0.1, 0.15) is 39.5 Å². The van der Waals surface area contributed by atoms with E-state index in [9.17, 15) is 14.4 Å². The van der Waals surface area contributed by atoms with Crippen LogP contribution in [0.4, 0.5) is 4.79 Å². The first-order chi connectivity index (χ1) is 8.40. The second kappa shape index (κ2) is 8.32. The average molecular weight is 260 g/mol. The van der Waals surface area contributed by atoms with E-state index in [2.05, 4.69) is 10.6 Å². The molecule has 0 saturated carbocycles. The van der Waals surface area contributed by atoms with E-state index < -0.39 is 24.0 Å². The Balaban J connectivity index is 4.27. The summed E-state index contributed by atoms with van der Waals surface area (Å²) in [6.45, 7) is 3.82. The van der Waals surface area contributed by atoms with E-state index in [1.54, 1.807) is 0 Å². The molecule has 2 amide bonds. The predicted molar refractivity (Wildman–Crippen MR) is 64.3 cm³/mol. The number of rotatable bonds is 8. The van der Waals surface area contributed by atoms with Crippen LogP contribution < -0.4 is 10.6 Å². The van der Waals surface area contributed by atoms with Gasteiger partial charge in [0.1, 0.15) is 6.04 Å². The van der Waals surface area contributed by atoms with Crippen LogP contribution in [0, 0.1) is 0 Å². The van der Waals surface area contributed by atoms with Crippen molar-refractivity contribution in [2.24, 2.45) is 0 Å². The van der Waals surface area contributed by atoms with Crippen molar-refractivity contribution in [3.8, 4) is 0 Å². The lowest BCUT2D eigenvalue weighted by Gasteiger charge is -2.18. The second-order valence-corrected chi connectivity index (χ2v) is 3.95. The Morgan fingerprint density at radius 2 is 1.61 bits per heavy atom. The Bertz CT molecular complexity index is 302. The summed E-state index contributed by atoms with van der Waals surface area (Å²) in [6.07, 6.45) is 1.05. The zero-order valence-corrected chi connectivity index (χ0v) is 10.6. The van der Waals surface area contributed by atoms with E-state index in [-0.39, 0.29) is 18.9 Å². The third-order valence-corrected chi connectivity index (χ3v) is 2.57. The quantitative estimate of drug-likeness (QED) is 0.515. The first kappa shape index (κ1) is 16.2. The molecule has 0 fully saturated rings. The molecule has 7 nitrogen and oxygen atoms in total. The smallest absolute Gasteiger partial charge is 0.326 e. The monoisotopic (exact) mass is 260 g/mol. The second-order valence-electron chi connectivity index (χ2n) is 3.95. The molecule has 0 aliphatic carbocycles. The van der Waals surface area contributed by atoms with Crippen LogP contribution >= 0.6 is 0 Å². The van der Waals surface area contributed by atoms with E-state index in [0.29, 0.717) is 0 Å². The summed E-state index contributed by atoms with van der Waals surface area (Å²) < 4.78 is 0. The first-order valence-electron chi connectivity index (χ1n) is 5.92. The molecule has 0 aromatic rings. The van der Waals surface area contributed by atoms with Gasteiger partial charge in [-0.15, -0.1) is 0 Å². The van der Waals surface area contributed by atoms with Gasteiger partial charge in [-0.05, 0) is 19.3 Å². The third-order valence-electron chi connectivity index (χ3n) is 2.57. The number of carbonyl (C=O) groups excluding carboxylic acids is 1. The molecule has 0 saturated heterocycles. The summed E-state index contributed by atoms with van der Waals surface area (Å²) in [7, 11) is 0. The molecule has 0 aromatic carbocycles. The lowest BCUT2D eigenvalue weighted by Crippen LogP contribution is -2.48. The van der Waals surface area contributed by atoms with E-state index in [1.807, 2.05) is 13.8 Å². The van der Waals surface area contributed by atoms with Crippen LogP contribution in [0.25, 0.3) is 0 Å². The maximum atomic E-state index is 11.5. The number of carboxylic acid groups (broad SMARTS) is 2. The number of hydrogen-bond donors (Lipinski definition) is 4. The maximum Gasteiger partial charge on any atom is 0.326 e. The minimum Gasteiger partial charge on any atom is -0.481 e. The maximum absolute atomic E-state index is 11.5. The van der Waals surface area contributed by atoms with E-state index in [4.69, 9.17) is 10.2 Å². The topological polar surface area (TPSA) is 116 Å². The van der Waals surface area contributed by atoms with Crippen molar-refractivity contribution in [3.05, 3.63) is 0 Å². The fourth-order valence-electron chi connectivity index (χ4n) is 1.40. The molecule has 0 aromatic heterocycles. The Morgan fingerprint density at radius 1 is 1.06 bits per heavy atom. The van der Waals surface area contributed by atoms with E-state index >= 15 is 0 Å². The van der Waals surface area contributed by atoms with Crippen LogP contribution in [0.3, 0.4) is 0 Å². The Kier molecular flexibility index (Phi) is 7.50. The van der Waals surface area contributed by atoms with Crippen molar-refractivity contribution in [1.82, 2.24) is 10.6 Å².